The molecule has 3 heteroatoms. The van der Waals surface area contributed by atoms with Crippen LogP contribution in [0.4, 0.5) is 0 Å². The van der Waals surface area contributed by atoms with Crippen molar-refractivity contribution in [1.82, 2.24) is 0 Å². The molecule has 0 aromatic heterocycles. The first-order valence-electron chi connectivity index (χ1n) is 5.30. The van der Waals surface area contributed by atoms with E-state index in [2.05, 4.69) is 0 Å². The van der Waals surface area contributed by atoms with Crippen LogP contribution in [0.5, 0.6) is 5.75 Å². The van der Waals surface area contributed by atoms with Gasteiger partial charge in [-0.2, -0.15) is 0 Å². The smallest absolute Gasteiger partial charge is 0.116 e. The topological polar surface area (TPSA) is 20.2 Å². The second kappa shape index (κ2) is 5.03. The van der Waals surface area contributed by atoms with Crippen LogP contribution in [0, 0.1) is 13.8 Å². The number of phenols is 1. The van der Waals surface area contributed by atoms with Gasteiger partial charge in [0, 0.05) is 14.8 Å². The molecule has 0 saturated heterocycles. The maximum Gasteiger partial charge on any atom is 0.116 e. The standard InChI is InChI=1S/C14H13ClOS/c1-9-7-12(16)8-10(2)14(9)17-13-5-3-11(15)4-6-13/h3-8,16H,1-2H3. The molecule has 0 aliphatic rings. The molecule has 0 heterocycles. The summed E-state index contributed by atoms with van der Waals surface area (Å²) in [4.78, 5) is 2.33. The summed E-state index contributed by atoms with van der Waals surface area (Å²) in [5.74, 6) is 0.320. The number of hydrogen-bond donors (Lipinski definition) is 1. The van der Waals surface area contributed by atoms with Crippen LogP contribution >= 0.6 is 23.4 Å². The van der Waals surface area contributed by atoms with Crippen molar-refractivity contribution in [2.75, 3.05) is 0 Å². The Bertz CT molecular complexity index is 511. The number of rotatable bonds is 2. The predicted molar refractivity (Wildman–Crippen MR) is 73.2 cm³/mol. The molecule has 17 heavy (non-hydrogen) atoms. The summed E-state index contributed by atoms with van der Waals surface area (Å²) in [6.45, 7) is 4.01. The molecule has 0 unspecified atom stereocenters. The van der Waals surface area contributed by atoms with Crippen LogP contribution in [0.2, 0.25) is 5.02 Å². The van der Waals surface area contributed by atoms with Crippen LogP contribution in [0.25, 0.3) is 0 Å². The van der Waals surface area contributed by atoms with Crippen LogP contribution in [0.15, 0.2) is 46.2 Å². The van der Waals surface area contributed by atoms with E-state index in [1.54, 1.807) is 23.9 Å². The van der Waals surface area contributed by atoms with Crippen molar-refractivity contribution in [3.8, 4) is 5.75 Å². The molecule has 0 fully saturated rings. The minimum absolute atomic E-state index is 0.320. The lowest BCUT2D eigenvalue weighted by Gasteiger charge is -2.10. The minimum atomic E-state index is 0.320. The van der Waals surface area contributed by atoms with E-state index in [4.69, 9.17) is 11.6 Å². The molecule has 0 saturated carbocycles. The zero-order chi connectivity index (χ0) is 12.4. The van der Waals surface area contributed by atoms with Gasteiger partial charge in [-0.3, -0.25) is 0 Å². The molecule has 0 aliphatic carbocycles. The molecule has 88 valence electrons. The number of benzene rings is 2. The Kier molecular flexibility index (Phi) is 3.65. The Hall–Kier alpha value is -1.12. The highest BCUT2D eigenvalue weighted by Gasteiger charge is 2.06. The molecule has 0 bridgehead atoms. The third-order valence-electron chi connectivity index (χ3n) is 2.48. The summed E-state index contributed by atoms with van der Waals surface area (Å²) < 4.78 is 0. The van der Waals surface area contributed by atoms with Gasteiger partial charge in [-0.25, -0.2) is 0 Å². The van der Waals surface area contributed by atoms with Crippen molar-refractivity contribution in [3.05, 3.63) is 52.5 Å². The molecule has 2 aromatic carbocycles. The first-order valence-corrected chi connectivity index (χ1v) is 6.49. The first kappa shape index (κ1) is 12.3. The number of phenolic OH excluding ortho intramolecular Hbond substituents is 1. The second-order valence-corrected chi connectivity index (χ2v) is 5.48. The normalized spacial score (nSPS) is 10.5. The molecule has 0 amide bonds. The molecule has 2 rings (SSSR count). The highest BCUT2D eigenvalue weighted by atomic mass is 35.5. The minimum Gasteiger partial charge on any atom is -0.508 e. The molecule has 1 nitrogen and oxygen atoms in total. The van der Waals surface area contributed by atoms with Gasteiger partial charge in [0.2, 0.25) is 0 Å². The number of aromatic hydroxyl groups is 1. The fourth-order valence-electron chi connectivity index (χ4n) is 1.71. The largest absolute Gasteiger partial charge is 0.508 e. The molecule has 0 radical (unpaired) electrons. The summed E-state index contributed by atoms with van der Waals surface area (Å²) in [6, 6.07) is 11.3. The van der Waals surface area contributed by atoms with E-state index < -0.39 is 0 Å². The zero-order valence-corrected chi connectivity index (χ0v) is 11.3. The van der Waals surface area contributed by atoms with Crippen molar-refractivity contribution < 1.29 is 5.11 Å². The monoisotopic (exact) mass is 264 g/mol. The van der Waals surface area contributed by atoms with Gasteiger partial charge in [0.1, 0.15) is 5.75 Å². The second-order valence-electron chi connectivity index (χ2n) is 3.96. The van der Waals surface area contributed by atoms with E-state index in [0.29, 0.717) is 5.75 Å². The third-order valence-corrected chi connectivity index (χ3v) is 4.09. The molecular weight excluding hydrogens is 252 g/mol. The van der Waals surface area contributed by atoms with Crippen LogP contribution in [-0.2, 0) is 0 Å². The van der Waals surface area contributed by atoms with Crippen LogP contribution < -0.4 is 0 Å². The Labute approximate surface area is 110 Å². The van der Waals surface area contributed by atoms with E-state index in [0.717, 1.165) is 21.0 Å². The summed E-state index contributed by atoms with van der Waals surface area (Å²) in [7, 11) is 0. The van der Waals surface area contributed by atoms with Gasteiger partial charge < -0.3 is 5.11 Å². The Morgan fingerprint density at radius 1 is 1.00 bits per heavy atom. The van der Waals surface area contributed by atoms with E-state index in [-0.39, 0.29) is 0 Å². The first-order chi connectivity index (χ1) is 8.06. The van der Waals surface area contributed by atoms with Gasteiger partial charge in [-0.05, 0) is 61.4 Å². The number of aryl methyl sites for hydroxylation is 2. The van der Waals surface area contributed by atoms with Crippen LogP contribution in [0.3, 0.4) is 0 Å². The average molecular weight is 265 g/mol. The molecule has 0 atom stereocenters. The Morgan fingerprint density at radius 3 is 2.06 bits per heavy atom. The maximum atomic E-state index is 9.49. The molecular formula is C14H13ClOS. The maximum absolute atomic E-state index is 9.49. The van der Waals surface area contributed by atoms with Gasteiger partial charge in [-0.1, -0.05) is 23.4 Å². The van der Waals surface area contributed by atoms with Crippen LogP contribution in [0.1, 0.15) is 11.1 Å². The lowest BCUT2D eigenvalue weighted by Crippen LogP contribution is -1.85. The van der Waals surface area contributed by atoms with E-state index in [1.807, 2.05) is 38.1 Å². The molecule has 0 aliphatic heterocycles. The SMILES string of the molecule is Cc1cc(O)cc(C)c1Sc1ccc(Cl)cc1. The van der Waals surface area contributed by atoms with Gasteiger partial charge in [0.15, 0.2) is 0 Å². The van der Waals surface area contributed by atoms with E-state index >= 15 is 0 Å². The van der Waals surface area contributed by atoms with Gasteiger partial charge in [-0.15, -0.1) is 0 Å². The Morgan fingerprint density at radius 2 is 1.53 bits per heavy atom. The van der Waals surface area contributed by atoms with Crippen molar-refractivity contribution in [2.45, 2.75) is 23.6 Å². The summed E-state index contributed by atoms with van der Waals surface area (Å²) in [5.41, 5.74) is 2.17. The van der Waals surface area contributed by atoms with E-state index in [1.165, 1.54) is 4.90 Å². The summed E-state index contributed by atoms with van der Waals surface area (Å²) in [6.07, 6.45) is 0. The van der Waals surface area contributed by atoms with Gasteiger partial charge in [0.05, 0.1) is 0 Å². The highest BCUT2D eigenvalue weighted by Crippen LogP contribution is 2.35. The fraction of sp³-hybridized carbons (Fsp3) is 0.143. The molecule has 0 spiro atoms. The molecule has 1 N–H and O–H groups in total. The molecule has 2 aromatic rings. The zero-order valence-electron chi connectivity index (χ0n) is 9.70. The van der Waals surface area contributed by atoms with Crippen molar-refractivity contribution >= 4 is 23.4 Å². The van der Waals surface area contributed by atoms with Crippen LogP contribution in [-0.4, -0.2) is 5.11 Å². The van der Waals surface area contributed by atoms with Gasteiger partial charge in [0.25, 0.3) is 0 Å². The fourth-order valence-corrected chi connectivity index (χ4v) is 2.78. The average Bonchev–Trinajstić information content (AvgIpc) is 2.26. The number of halogens is 1. The number of hydrogen-bond acceptors (Lipinski definition) is 2. The van der Waals surface area contributed by atoms with Gasteiger partial charge >= 0.3 is 0 Å². The van der Waals surface area contributed by atoms with Crippen molar-refractivity contribution in [2.24, 2.45) is 0 Å². The highest BCUT2D eigenvalue weighted by molar-refractivity contribution is 7.99. The predicted octanol–water partition coefficient (Wildman–Crippen LogP) is 4.81. The quantitative estimate of drug-likeness (QED) is 0.840. The summed E-state index contributed by atoms with van der Waals surface area (Å²) in [5, 5.41) is 10.2. The lowest BCUT2D eigenvalue weighted by molar-refractivity contribution is 0.474. The summed E-state index contributed by atoms with van der Waals surface area (Å²) >= 11 is 7.54. The Balaban J connectivity index is 2.33. The third kappa shape index (κ3) is 2.96. The van der Waals surface area contributed by atoms with Crippen molar-refractivity contribution in [1.29, 1.82) is 0 Å². The van der Waals surface area contributed by atoms with Crippen molar-refractivity contribution in [3.63, 3.8) is 0 Å². The van der Waals surface area contributed by atoms with E-state index in [9.17, 15) is 5.11 Å². The lowest BCUT2D eigenvalue weighted by atomic mass is 10.1.